The van der Waals surface area contributed by atoms with Crippen LogP contribution in [-0.2, 0) is 17.9 Å². The molecule has 0 aromatic heterocycles. The van der Waals surface area contributed by atoms with Gasteiger partial charge in [-0.15, -0.1) is 0 Å². The van der Waals surface area contributed by atoms with E-state index in [4.69, 9.17) is 5.90 Å². The monoisotopic (exact) mass is 169 g/mol. The molecule has 1 rings (SSSR count). The van der Waals surface area contributed by atoms with Crippen LogP contribution in [0.25, 0.3) is 0 Å². The second kappa shape index (κ2) is 4.18. The summed E-state index contributed by atoms with van der Waals surface area (Å²) >= 11 is 0. The highest BCUT2D eigenvalue weighted by molar-refractivity contribution is 5.27. The van der Waals surface area contributed by atoms with E-state index < -0.39 is 0 Å². The minimum absolute atomic E-state index is 0.188. The van der Waals surface area contributed by atoms with Gasteiger partial charge >= 0.3 is 0 Å². The van der Waals surface area contributed by atoms with Crippen LogP contribution in [0.1, 0.15) is 18.1 Å². The maximum atomic E-state index is 13.1. The van der Waals surface area contributed by atoms with Gasteiger partial charge in [-0.3, -0.25) is 4.84 Å². The fraction of sp³-hybridized carbons (Fsp3) is 0.333. The Labute approximate surface area is 71.1 Å². The highest BCUT2D eigenvalue weighted by atomic mass is 19.1. The van der Waals surface area contributed by atoms with Crippen molar-refractivity contribution in [1.29, 1.82) is 0 Å². The Bertz CT molecular complexity index is 263. The summed E-state index contributed by atoms with van der Waals surface area (Å²) in [6.07, 6.45) is 0.658. The van der Waals surface area contributed by atoms with Crippen LogP contribution >= 0.6 is 0 Å². The van der Waals surface area contributed by atoms with Crippen LogP contribution in [0.4, 0.5) is 4.39 Å². The van der Waals surface area contributed by atoms with Crippen LogP contribution < -0.4 is 5.90 Å². The third kappa shape index (κ3) is 1.81. The summed E-state index contributed by atoms with van der Waals surface area (Å²) in [6.45, 7) is 2.17. The van der Waals surface area contributed by atoms with Crippen molar-refractivity contribution >= 4 is 0 Å². The zero-order valence-corrected chi connectivity index (χ0v) is 7.01. The molecule has 0 spiro atoms. The van der Waals surface area contributed by atoms with Crippen molar-refractivity contribution in [3.05, 3.63) is 35.1 Å². The van der Waals surface area contributed by atoms with Gasteiger partial charge in [-0.1, -0.05) is 19.1 Å². The molecule has 0 aliphatic rings. The molecule has 66 valence electrons. The normalized spacial score (nSPS) is 10.2. The van der Waals surface area contributed by atoms with E-state index >= 15 is 0 Å². The van der Waals surface area contributed by atoms with Crippen molar-refractivity contribution in [2.75, 3.05) is 0 Å². The molecule has 0 aliphatic carbocycles. The van der Waals surface area contributed by atoms with Crippen LogP contribution in [0.15, 0.2) is 18.2 Å². The first-order valence-electron chi connectivity index (χ1n) is 3.87. The number of halogens is 1. The van der Waals surface area contributed by atoms with E-state index in [2.05, 4.69) is 4.84 Å². The molecule has 2 nitrogen and oxygen atoms in total. The molecule has 1 aromatic rings. The zero-order valence-electron chi connectivity index (χ0n) is 7.01. The van der Waals surface area contributed by atoms with Gasteiger partial charge < -0.3 is 0 Å². The SMILES string of the molecule is CCc1c(F)cccc1CON. The van der Waals surface area contributed by atoms with Crippen LogP contribution in [0, 0.1) is 5.82 Å². The molecule has 0 bridgehead atoms. The van der Waals surface area contributed by atoms with E-state index in [9.17, 15) is 4.39 Å². The number of rotatable bonds is 3. The Morgan fingerprint density at radius 2 is 2.25 bits per heavy atom. The van der Waals surface area contributed by atoms with Crippen molar-refractivity contribution < 1.29 is 9.23 Å². The summed E-state index contributed by atoms with van der Waals surface area (Å²) in [5.41, 5.74) is 1.50. The van der Waals surface area contributed by atoms with E-state index in [0.29, 0.717) is 12.0 Å². The molecule has 12 heavy (non-hydrogen) atoms. The fourth-order valence-corrected chi connectivity index (χ4v) is 1.22. The molecule has 1 aromatic carbocycles. The lowest BCUT2D eigenvalue weighted by molar-refractivity contribution is 0.123. The average Bonchev–Trinajstić information content (AvgIpc) is 2.05. The summed E-state index contributed by atoms with van der Waals surface area (Å²) in [7, 11) is 0. The van der Waals surface area contributed by atoms with Crippen LogP contribution in [0.2, 0.25) is 0 Å². The minimum atomic E-state index is -0.188. The van der Waals surface area contributed by atoms with E-state index in [1.54, 1.807) is 6.07 Å². The Morgan fingerprint density at radius 3 is 2.83 bits per heavy atom. The molecular weight excluding hydrogens is 157 g/mol. The van der Waals surface area contributed by atoms with Crippen molar-refractivity contribution in [2.45, 2.75) is 20.0 Å². The molecular formula is C9H12FNO. The predicted octanol–water partition coefficient (Wildman–Crippen LogP) is 1.78. The molecule has 0 heterocycles. The van der Waals surface area contributed by atoms with Crippen molar-refractivity contribution in [1.82, 2.24) is 0 Å². The summed E-state index contributed by atoms with van der Waals surface area (Å²) in [5.74, 6) is 4.72. The van der Waals surface area contributed by atoms with Gasteiger partial charge in [0.25, 0.3) is 0 Å². The maximum Gasteiger partial charge on any atom is 0.126 e. The Hall–Kier alpha value is -0.930. The molecule has 0 unspecified atom stereocenters. The van der Waals surface area contributed by atoms with Crippen LogP contribution in [-0.4, -0.2) is 0 Å². The van der Waals surface area contributed by atoms with Crippen molar-refractivity contribution in [3.63, 3.8) is 0 Å². The molecule has 0 saturated heterocycles. The smallest absolute Gasteiger partial charge is 0.126 e. The lowest BCUT2D eigenvalue weighted by Gasteiger charge is -2.06. The predicted molar refractivity (Wildman–Crippen MR) is 44.8 cm³/mol. The number of hydrogen-bond donors (Lipinski definition) is 1. The number of hydrogen-bond acceptors (Lipinski definition) is 2. The minimum Gasteiger partial charge on any atom is -0.300 e. The highest BCUT2D eigenvalue weighted by Gasteiger charge is 2.04. The first kappa shape index (κ1) is 9.16. The van der Waals surface area contributed by atoms with E-state index in [0.717, 1.165) is 5.56 Å². The lowest BCUT2D eigenvalue weighted by Crippen LogP contribution is -2.03. The third-order valence-corrected chi connectivity index (χ3v) is 1.81. The molecule has 2 N–H and O–H groups in total. The molecule has 0 amide bonds. The largest absolute Gasteiger partial charge is 0.300 e. The molecule has 0 aliphatic heterocycles. The Morgan fingerprint density at radius 1 is 1.50 bits per heavy atom. The second-order valence-electron chi connectivity index (χ2n) is 2.54. The van der Waals surface area contributed by atoms with Gasteiger partial charge in [-0.25, -0.2) is 10.3 Å². The number of nitrogens with two attached hydrogens (primary N) is 1. The summed E-state index contributed by atoms with van der Waals surface area (Å²) in [4.78, 5) is 4.46. The topological polar surface area (TPSA) is 35.2 Å². The maximum absolute atomic E-state index is 13.1. The van der Waals surface area contributed by atoms with E-state index in [1.165, 1.54) is 6.07 Å². The average molecular weight is 169 g/mol. The quantitative estimate of drug-likeness (QED) is 0.700. The standard InChI is InChI=1S/C9H12FNO/c1-2-8-7(6-12-11)4-3-5-9(8)10/h3-5H,2,6,11H2,1H3. The fourth-order valence-electron chi connectivity index (χ4n) is 1.22. The third-order valence-electron chi connectivity index (χ3n) is 1.81. The zero-order chi connectivity index (χ0) is 8.97. The highest BCUT2D eigenvalue weighted by Crippen LogP contribution is 2.14. The van der Waals surface area contributed by atoms with Gasteiger partial charge in [-0.05, 0) is 23.6 Å². The Balaban J connectivity index is 3.00. The number of benzene rings is 1. The van der Waals surface area contributed by atoms with Crippen LogP contribution in [0.5, 0.6) is 0 Å². The summed E-state index contributed by atoms with van der Waals surface area (Å²) < 4.78 is 13.1. The van der Waals surface area contributed by atoms with E-state index in [-0.39, 0.29) is 12.4 Å². The van der Waals surface area contributed by atoms with Gasteiger partial charge in [0.05, 0.1) is 6.61 Å². The molecule has 0 atom stereocenters. The molecule has 0 saturated carbocycles. The van der Waals surface area contributed by atoms with Gasteiger partial charge in [0, 0.05) is 0 Å². The summed E-state index contributed by atoms with van der Waals surface area (Å²) in [6, 6.07) is 4.91. The molecule has 0 radical (unpaired) electrons. The van der Waals surface area contributed by atoms with Gasteiger partial charge in [0.15, 0.2) is 0 Å². The van der Waals surface area contributed by atoms with Gasteiger partial charge in [0.2, 0.25) is 0 Å². The first-order chi connectivity index (χ1) is 5.79. The van der Waals surface area contributed by atoms with Gasteiger partial charge in [0.1, 0.15) is 5.82 Å². The van der Waals surface area contributed by atoms with Crippen molar-refractivity contribution in [3.8, 4) is 0 Å². The van der Waals surface area contributed by atoms with E-state index in [1.807, 2.05) is 13.0 Å². The Kier molecular flexibility index (Phi) is 3.19. The molecule has 0 fully saturated rings. The second-order valence-corrected chi connectivity index (χ2v) is 2.54. The van der Waals surface area contributed by atoms with Gasteiger partial charge in [-0.2, -0.15) is 0 Å². The van der Waals surface area contributed by atoms with Crippen molar-refractivity contribution in [2.24, 2.45) is 5.90 Å². The first-order valence-corrected chi connectivity index (χ1v) is 3.87. The van der Waals surface area contributed by atoms with Crippen LogP contribution in [0.3, 0.4) is 0 Å². The lowest BCUT2D eigenvalue weighted by atomic mass is 10.1. The summed E-state index contributed by atoms with van der Waals surface area (Å²) in [5, 5.41) is 0. The molecule has 3 heteroatoms.